The molecule has 0 fully saturated rings. The van der Waals surface area contributed by atoms with E-state index in [1.807, 2.05) is 0 Å². The number of aryl methyl sites for hydroxylation is 1. The van der Waals surface area contributed by atoms with Crippen molar-refractivity contribution in [2.45, 2.75) is 6.92 Å². The average molecular weight is 342 g/mol. The van der Waals surface area contributed by atoms with Crippen molar-refractivity contribution in [3.8, 4) is 5.88 Å². The van der Waals surface area contributed by atoms with Crippen LogP contribution in [0.25, 0.3) is 15.7 Å². The first-order chi connectivity index (χ1) is 10.4. The number of benzene rings is 1. The number of thiazole rings is 1. The van der Waals surface area contributed by atoms with Gasteiger partial charge in [0.1, 0.15) is 16.2 Å². The van der Waals surface area contributed by atoms with Gasteiger partial charge in [-0.1, -0.05) is 11.6 Å². The number of ether oxygens (including phenoxy) is 1. The van der Waals surface area contributed by atoms with Gasteiger partial charge < -0.3 is 9.84 Å². The number of pyridine rings is 1. The van der Waals surface area contributed by atoms with Gasteiger partial charge in [0.15, 0.2) is 0 Å². The molecule has 3 aromatic rings. The van der Waals surface area contributed by atoms with Crippen molar-refractivity contribution in [2.24, 2.45) is 0 Å². The summed E-state index contributed by atoms with van der Waals surface area (Å²) in [5.41, 5.74) is -0.856. The third kappa shape index (κ3) is 1.89. The Kier molecular flexibility index (Phi) is 3.34. The first-order valence-corrected chi connectivity index (χ1v) is 7.30. The topological polar surface area (TPSA) is 68.0 Å². The number of rotatable bonds is 2. The van der Waals surface area contributed by atoms with Gasteiger partial charge in [-0.2, -0.15) is 0 Å². The fraction of sp³-hybridized carbons (Fsp3) is 0.143. The molecule has 1 N–H and O–H groups in total. The van der Waals surface area contributed by atoms with E-state index in [1.165, 1.54) is 17.6 Å². The quantitative estimate of drug-likeness (QED) is 0.776. The lowest BCUT2D eigenvalue weighted by molar-refractivity contribution is 0.0697. The van der Waals surface area contributed by atoms with Crippen LogP contribution in [0.5, 0.6) is 5.88 Å². The Morgan fingerprint density at radius 2 is 2.14 bits per heavy atom. The molecule has 3 rings (SSSR count). The van der Waals surface area contributed by atoms with Crippen molar-refractivity contribution in [3.63, 3.8) is 0 Å². The van der Waals surface area contributed by atoms with Crippen LogP contribution in [-0.2, 0) is 0 Å². The van der Waals surface area contributed by atoms with E-state index >= 15 is 0 Å². The maximum atomic E-state index is 13.7. The molecule has 0 amide bonds. The minimum absolute atomic E-state index is 0.0621. The number of fused-ring (bicyclic) bond motifs is 3. The summed E-state index contributed by atoms with van der Waals surface area (Å²) in [7, 11) is 1.43. The summed E-state index contributed by atoms with van der Waals surface area (Å²) >= 11 is 6.92. The molecule has 0 bridgehead atoms. The van der Waals surface area contributed by atoms with Crippen LogP contribution < -0.4 is 10.2 Å². The highest BCUT2D eigenvalue weighted by Crippen LogP contribution is 2.34. The highest BCUT2D eigenvalue weighted by atomic mass is 35.5. The summed E-state index contributed by atoms with van der Waals surface area (Å²) in [5.74, 6) is -1.77. The zero-order valence-electron chi connectivity index (χ0n) is 11.4. The molecule has 0 unspecified atom stereocenters. The highest BCUT2D eigenvalue weighted by Gasteiger charge is 2.24. The molecule has 22 heavy (non-hydrogen) atoms. The van der Waals surface area contributed by atoms with Gasteiger partial charge in [-0.25, -0.2) is 9.18 Å². The molecule has 114 valence electrons. The first kappa shape index (κ1) is 14.8. The van der Waals surface area contributed by atoms with Crippen LogP contribution in [0.3, 0.4) is 0 Å². The van der Waals surface area contributed by atoms with Gasteiger partial charge >= 0.3 is 5.97 Å². The number of nitrogens with zero attached hydrogens (tertiary/aromatic N) is 1. The number of hydrogen-bond acceptors (Lipinski definition) is 4. The molecule has 0 aliphatic rings. The molecule has 0 aliphatic heterocycles. The van der Waals surface area contributed by atoms with Crippen molar-refractivity contribution in [1.29, 1.82) is 0 Å². The SMILES string of the molecule is COc1c(C)sc2c(C(=O)O)c(=O)c3cc(F)c(Cl)cc3n12. The number of carboxylic acid groups (broad SMARTS) is 1. The van der Waals surface area contributed by atoms with E-state index in [0.29, 0.717) is 16.3 Å². The van der Waals surface area contributed by atoms with Gasteiger partial charge in [0.2, 0.25) is 11.3 Å². The second-order valence-corrected chi connectivity index (χ2v) is 6.21. The van der Waals surface area contributed by atoms with Crippen LogP contribution in [-0.4, -0.2) is 22.6 Å². The van der Waals surface area contributed by atoms with Gasteiger partial charge in [0.25, 0.3) is 0 Å². The molecule has 1 aromatic carbocycles. The Bertz CT molecular complexity index is 1010. The molecule has 8 heteroatoms. The van der Waals surface area contributed by atoms with E-state index in [9.17, 15) is 19.1 Å². The monoisotopic (exact) mass is 341 g/mol. The molecular formula is C14H9ClFNO4S. The third-order valence-electron chi connectivity index (χ3n) is 3.33. The van der Waals surface area contributed by atoms with Gasteiger partial charge in [0, 0.05) is 0 Å². The van der Waals surface area contributed by atoms with E-state index in [0.717, 1.165) is 17.4 Å². The van der Waals surface area contributed by atoms with Gasteiger partial charge in [-0.05, 0) is 19.1 Å². The maximum Gasteiger partial charge on any atom is 0.342 e. The van der Waals surface area contributed by atoms with E-state index in [4.69, 9.17) is 16.3 Å². The zero-order chi connectivity index (χ0) is 16.2. The van der Waals surface area contributed by atoms with Crippen molar-refractivity contribution in [1.82, 2.24) is 4.40 Å². The van der Waals surface area contributed by atoms with Gasteiger partial charge in [0.05, 0.1) is 27.9 Å². The predicted octanol–water partition coefficient (Wildman–Crippen LogP) is 3.32. The second kappa shape index (κ2) is 4.96. The molecule has 0 saturated carbocycles. The largest absolute Gasteiger partial charge is 0.481 e. The van der Waals surface area contributed by atoms with E-state index in [2.05, 4.69) is 0 Å². The van der Waals surface area contributed by atoms with Crippen LogP contribution in [0, 0.1) is 12.7 Å². The third-order valence-corrected chi connectivity index (χ3v) is 4.68. The number of hydrogen-bond donors (Lipinski definition) is 1. The van der Waals surface area contributed by atoms with E-state index in [1.54, 1.807) is 6.92 Å². The Labute approximate surface area is 132 Å². The summed E-state index contributed by atoms with van der Waals surface area (Å²) in [6, 6.07) is 2.24. The molecule has 0 aliphatic carbocycles. The first-order valence-electron chi connectivity index (χ1n) is 6.11. The van der Waals surface area contributed by atoms with Crippen LogP contribution >= 0.6 is 22.9 Å². The lowest BCUT2D eigenvalue weighted by atomic mass is 10.1. The summed E-state index contributed by atoms with van der Waals surface area (Å²) in [4.78, 5) is 24.8. The number of aromatic nitrogens is 1. The average Bonchev–Trinajstić information content (AvgIpc) is 2.77. The van der Waals surface area contributed by atoms with Gasteiger partial charge in [-0.15, -0.1) is 11.3 Å². The normalized spacial score (nSPS) is 11.3. The summed E-state index contributed by atoms with van der Waals surface area (Å²) < 4.78 is 20.5. The Morgan fingerprint density at radius 3 is 2.73 bits per heavy atom. The molecule has 2 heterocycles. The Hall–Kier alpha value is -2.12. The number of methoxy groups -OCH3 is 1. The molecule has 0 spiro atoms. The standard InChI is InChI=1S/C14H9ClFNO4S/c1-5-12(21-2)17-9-4-7(15)8(16)3-6(9)11(18)10(14(19)20)13(17)22-5/h3-4H,1-2H3,(H,19,20). The predicted molar refractivity (Wildman–Crippen MR) is 82.3 cm³/mol. The second-order valence-electron chi connectivity index (χ2n) is 4.60. The van der Waals surface area contributed by atoms with Crippen molar-refractivity contribution < 1.29 is 19.0 Å². The number of aromatic carboxylic acids is 1. The van der Waals surface area contributed by atoms with Gasteiger partial charge in [-0.3, -0.25) is 9.20 Å². The zero-order valence-corrected chi connectivity index (χ0v) is 13.0. The van der Waals surface area contributed by atoms with E-state index in [-0.39, 0.29) is 15.2 Å². The molecule has 2 aromatic heterocycles. The Morgan fingerprint density at radius 1 is 1.45 bits per heavy atom. The fourth-order valence-electron chi connectivity index (χ4n) is 2.42. The smallest absolute Gasteiger partial charge is 0.342 e. The minimum atomic E-state index is -1.37. The van der Waals surface area contributed by atoms with Crippen LogP contribution in [0.1, 0.15) is 15.2 Å². The Balaban J connectivity index is 2.72. The number of carboxylic acids is 1. The number of carbonyl (C=O) groups is 1. The van der Waals surface area contributed by atoms with Crippen molar-refractivity contribution in [3.05, 3.63) is 43.6 Å². The lowest BCUT2D eigenvalue weighted by Gasteiger charge is -2.09. The van der Waals surface area contributed by atoms with Crippen LogP contribution in [0.2, 0.25) is 5.02 Å². The van der Waals surface area contributed by atoms with Crippen molar-refractivity contribution >= 4 is 44.6 Å². The van der Waals surface area contributed by atoms with Crippen molar-refractivity contribution in [2.75, 3.05) is 7.11 Å². The lowest BCUT2D eigenvalue weighted by Crippen LogP contribution is -2.17. The summed E-state index contributed by atoms with van der Waals surface area (Å²) in [6.45, 7) is 1.74. The molecule has 0 atom stereocenters. The molecule has 0 radical (unpaired) electrons. The highest BCUT2D eigenvalue weighted by molar-refractivity contribution is 7.18. The maximum absolute atomic E-state index is 13.7. The van der Waals surface area contributed by atoms with E-state index < -0.39 is 22.8 Å². The molecular weight excluding hydrogens is 333 g/mol. The minimum Gasteiger partial charge on any atom is -0.481 e. The number of halogens is 2. The molecule has 5 nitrogen and oxygen atoms in total. The summed E-state index contributed by atoms with van der Waals surface area (Å²) in [5, 5.41) is 9.13. The fourth-order valence-corrected chi connectivity index (χ4v) is 3.69. The van der Waals surface area contributed by atoms with Crippen LogP contribution in [0.15, 0.2) is 16.9 Å². The summed E-state index contributed by atoms with van der Waals surface area (Å²) in [6.07, 6.45) is 0. The molecule has 0 saturated heterocycles. The van der Waals surface area contributed by atoms with Crippen LogP contribution in [0.4, 0.5) is 4.39 Å².